The number of hydrogen-bond donors (Lipinski definition) is 2. The predicted octanol–water partition coefficient (Wildman–Crippen LogP) is 4.88. The van der Waals surface area contributed by atoms with Crippen LogP contribution in [0.2, 0.25) is 0 Å². The van der Waals surface area contributed by atoms with Crippen LogP contribution in [0, 0.1) is 19.7 Å². The summed E-state index contributed by atoms with van der Waals surface area (Å²) in [5.74, 6) is -0.238. The summed E-state index contributed by atoms with van der Waals surface area (Å²) in [5, 5.41) is 6.82. The Hall–Kier alpha value is -1.94. The highest BCUT2D eigenvalue weighted by Crippen LogP contribution is 2.18. The summed E-state index contributed by atoms with van der Waals surface area (Å²) < 4.78 is 13.6. The number of rotatable bonds is 4. The van der Waals surface area contributed by atoms with Crippen LogP contribution in [0.3, 0.4) is 0 Å². The molecule has 0 fully saturated rings. The molecule has 2 rings (SSSR count). The first-order chi connectivity index (χ1) is 10.5. The van der Waals surface area contributed by atoms with Crippen LogP contribution in [0.5, 0.6) is 0 Å². The fraction of sp³-hybridized carbons (Fsp3) is 0.278. The van der Waals surface area contributed by atoms with E-state index in [1.165, 1.54) is 17.2 Å². The van der Waals surface area contributed by atoms with Gasteiger partial charge in [-0.3, -0.25) is 0 Å². The lowest BCUT2D eigenvalue weighted by molar-refractivity contribution is 0.618. The number of anilines is 1. The molecule has 2 aromatic carbocycles. The SMILES string of the molecule is CC[C@H](NC(=S)Nc1ccc(C)c(F)c1)c1ccc(C)cc1. The minimum absolute atomic E-state index is 0.135. The van der Waals surface area contributed by atoms with Crippen LogP contribution in [-0.4, -0.2) is 5.11 Å². The van der Waals surface area contributed by atoms with Crippen molar-refractivity contribution in [3.63, 3.8) is 0 Å². The molecule has 0 aliphatic heterocycles. The smallest absolute Gasteiger partial charge is 0.171 e. The van der Waals surface area contributed by atoms with E-state index >= 15 is 0 Å². The second kappa shape index (κ2) is 7.36. The van der Waals surface area contributed by atoms with Crippen LogP contribution in [0.4, 0.5) is 10.1 Å². The van der Waals surface area contributed by atoms with Gasteiger partial charge in [0, 0.05) is 5.69 Å². The maximum absolute atomic E-state index is 13.6. The largest absolute Gasteiger partial charge is 0.356 e. The quantitative estimate of drug-likeness (QED) is 0.786. The second-order valence-corrected chi connectivity index (χ2v) is 5.84. The molecule has 116 valence electrons. The van der Waals surface area contributed by atoms with Crippen molar-refractivity contribution in [2.24, 2.45) is 0 Å². The summed E-state index contributed by atoms with van der Waals surface area (Å²) in [4.78, 5) is 0. The van der Waals surface area contributed by atoms with Gasteiger partial charge in [-0.1, -0.05) is 42.8 Å². The number of halogens is 1. The van der Waals surface area contributed by atoms with Crippen molar-refractivity contribution >= 4 is 23.0 Å². The van der Waals surface area contributed by atoms with Crippen molar-refractivity contribution in [1.29, 1.82) is 0 Å². The van der Waals surface area contributed by atoms with Crippen LogP contribution < -0.4 is 10.6 Å². The Morgan fingerprint density at radius 2 is 1.82 bits per heavy atom. The first-order valence-corrected chi connectivity index (χ1v) is 7.80. The standard InChI is InChI=1S/C18H21FN2S/c1-4-17(14-8-5-12(2)6-9-14)21-18(22)20-15-10-7-13(3)16(19)11-15/h5-11,17H,4H2,1-3H3,(H2,20,21,22)/t17-/m0/s1. The zero-order valence-corrected chi connectivity index (χ0v) is 13.9. The summed E-state index contributed by atoms with van der Waals surface area (Å²) in [7, 11) is 0. The normalized spacial score (nSPS) is 11.8. The summed E-state index contributed by atoms with van der Waals surface area (Å²) in [5.41, 5.74) is 3.69. The van der Waals surface area contributed by atoms with Gasteiger partial charge in [-0.15, -0.1) is 0 Å². The molecule has 2 N–H and O–H groups in total. The molecule has 0 aliphatic rings. The molecule has 4 heteroatoms. The number of aryl methyl sites for hydroxylation is 2. The van der Waals surface area contributed by atoms with Crippen LogP contribution in [0.15, 0.2) is 42.5 Å². The highest BCUT2D eigenvalue weighted by atomic mass is 32.1. The molecule has 0 unspecified atom stereocenters. The minimum Gasteiger partial charge on any atom is -0.356 e. The topological polar surface area (TPSA) is 24.1 Å². The Labute approximate surface area is 136 Å². The van der Waals surface area contributed by atoms with E-state index in [4.69, 9.17) is 12.2 Å². The van der Waals surface area contributed by atoms with Gasteiger partial charge in [-0.05, 0) is 55.7 Å². The van der Waals surface area contributed by atoms with E-state index in [2.05, 4.69) is 48.7 Å². The van der Waals surface area contributed by atoms with Gasteiger partial charge >= 0.3 is 0 Å². The predicted molar refractivity (Wildman–Crippen MR) is 94.7 cm³/mol. The lowest BCUT2D eigenvalue weighted by atomic mass is 10.0. The van der Waals surface area contributed by atoms with Crippen LogP contribution in [0.1, 0.15) is 36.1 Å². The van der Waals surface area contributed by atoms with Gasteiger partial charge in [0.05, 0.1) is 6.04 Å². The molecule has 2 aromatic rings. The lowest BCUT2D eigenvalue weighted by Gasteiger charge is -2.20. The Morgan fingerprint density at radius 3 is 2.41 bits per heavy atom. The third-order valence-electron chi connectivity index (χ3n) is 3.62. The van der Waals surface area contributed by atoms with E-state index < -0.39 is 0 Å². The number of thiocarbonyl (C=S) groups is 1. The Morgan fingerprint density at radius 1 is 1.14 bits per heavy atom. The Kier molecular flexibility index (Phi) is 5.50. The fourth-order valence-corrected chi connectivity index (χ4v) is 2.48. The maximum Gasteiger partial charge on any atom is 0.171 e. The molecule has 0 bridgehead atoms. The van der Waals surface area contributed by atoms with Crippen molar-refractivity contribution in [1.82, 2.24) is 5.32 Å². The highest BCUT2D eigenvalue weighted by molar-refractivity contribution is 7.80. The molecule has 0 aromatic heterocycles. The molecule has 0 radical (unpaired) electrons. The fourth-order valence-electron chi connectivity index (χ4n) is 2.22. The molecule has 2 nitrogen and oxygen atoms in total. The van der Waals surface area contributed by atoms with Gasteiger partial charge in [0.2, 0.25) is 0 Å². The van der Waals surface area contributed by atoms with E-state index in [1.807, 2.05) is 6.07 Å². The third-order valence-corrected chi connectivity index (χ3v) is 3.84. The van der Waals surface area contributed by atoms with E-state index in [0.29, 0.717) is 16.4 Å². The van der Waals surface area contributed by atoms with Crippen molar-refractivity contribution < 1.29 is 4.39 Å². The molecule has 1 atom stereocenters. The minimum atomic E-state index is -0.238. The van der Waals surface area contributed by atoms with E-state index in [0.717, 1.165) is 6.42 Å². The van der Waals surface area contributed by atoms with Gasteiger partial charge < -0.3 is 10.6 Å². The monoisotopic (exact) mass is 316 g/mol. The molecular weight excluding hydrogens is 295 g/mol. The molecule has 0 heterocycles. The Balaban J connectivity index is 2.02. The first-order valence-electron chi connectivity index (χ1n) is 7.40. The zero-order valence-electron chi connectivity index (χ0n) is 13.1. The molecule has 0 aliphatic carbocycles. The summed E-state index contributed by atoms with van der Waals surface area (Å²) >= 11 is 5.34. The van der Waals surface area contributed by atoms with Gasteiger partial charge in [-0.25, -0.2) is 4.39 Å². The number of benzene rings is 2. The Bertz CT molecular complexity index is 653. The van der Waals surface area contributed by atoms with E-state index in [-0.39, 0.29) is 11.9 Å². The third kappa shape index (κ3) is 4.28. The molecule has 0 saturated heterocycles. The molecule has 0 saturated carbocycles. The average Bonchev–Trinajstić information content (AvgIpc) is 2.49. The first kappa shape index (κ1) is 16.4. The maximum atomic E-state index is 13.6. The summed E-state index contributed by atoms with van der Waals surface area (Å²) in [6.07, 6.45) is 0.910. The summed E-state index contributed by atoms with van der Waals surface area (Å²) in [6, 6.07) is 13.5. The number of hydrogen-bond acceptors (Lipinski definition) is 1. The molecule has 22 heavy (non-hydrogen) atoms. The van der Waals surface area contributed by atoms with Crippen molar-refractivity contribution in [3.05, 3.63) is 65.0 Å². The van der Waals surface area contributed by atoms with Gasteiger partial charge in [0.25, 0.3) is 0 Å². The average molecular weight is 316 g/mol. The lowest BCUT2D eigenvalue weighted by Crippen LogP contribution is -2.32. The van der Waals surface area contributed by atoms with Gasteiger partial charge in [0.15, 0.2) is 5.11 Å². The van der Waals surface area contributed by atoms with E-state index in [1.54, 1.807) is 13.0 Å². The number of nitrogens with one attached hydrogen (secondary N) is 2. The van der Waals surface area contributed by atoms with E-state index in [9.17, 15) is 4.39 Å². The molecule has 0 spiro atoms. The van der Waals surface area contributed by atoms with Crippen molar-refractivity contribution in [2.75, 3.05) is 5.32 Å². The van der Waals surface area contributed by atoms with Gasteiger partial charge in [-0.2, -0.15) is 0 Å². The second-order valence-electron chi connectivity index (χ2n) is 5.43. The van der Waals surface area contributed by atoms with Crippen LogP contribution in [-0.2, 0) is 0 Å². The van der Waals surface area contributed by atoms with Gasteiger partial charge in [0.1, 0.15) is 5.82 Å². The van der Waals surface area contributed by atoms with Crippen LogP contribution >= 0.6 is 12.2 Å². The molecular formula is C18H21FN2S. The highest BCUT2D eigenvalue weighted by Gasteiger charge is 2.10. The van der Waals surface area contributed by atoms with Crippen molar-refractivity contribution in [2.45, 2.75) is 33.2 Å². The van der Waals surface area contributed by atoms with Crippen LogP contribution in [0.25, 0.3) is 0 Å². The van der Waals surface area contributed by atoms with Crippen molar-refractivity contribution in [3.8, 4) is 0 Å². The molecule has 0 amide bonds. The zero-order chi connectivity index (χ0) is 16.1. The summed E-state index contributed by atoms with van der Waals surface area (Å²) in [6.45, 7) is 5.90.